The lowest BCUT2D eigenvalue weighted by atomic mass is 9.70. The highest BCUT2D eigenvalue weighted by atomic mass is 16.5. The second-order valence-corrected chi connectivity index (χ2v) is 10.1. The number of hydrogen-bond donors (Lipinski definition) is 2. The van der Waals surface area contributed by atoms with Crippen molar-refractivity contribution in [2.75, 3.05) is 25.6 Å². The number of fused-ring (bicyclic) bond motifs is 5. The number of nitrogens with zero attached hydrogens (tertiary/aromatic N) is 2. The monoisotopic (exact) mass is 490 g/mol. The van der Waals surface area contributed by atoms with Crippen LogP contribution in [0.5, 0.6) is 11.5 Å². The molecule has 188 valence electrons. The molecule has 9 heteroatoms. The summed E-state index contributed by atoms with van der Waals surface area (Å²) in [5.41, 5.74) is 1.57. The van der Waals surface area contributed by atoms with E-state index in [2.05, 4.69) is 20.2 Å². The number of anilines is 1. The van der Waals surface area contributed by atoms with Crippen LogP contribution in [0, 0.1) is 0 Å². The number of amides is 1. The van der Waals surface area contributed by atoms with Gasteiger partial charge in [0.05, 0.1) is 30.5 Å². The largest absolute Gasteiger partial charge is 0.497 e. The number of carbonyl (C=O) groups excluding carboxylic acids is 1. The van der Waals surface area contributed by atoms with E-state index >= 15 is 0 Å². The third-order valence-corrected chi connectivity index (χ3v) is 7.94. The van der Waals surface area contributed by atoms with Crippen LogP contribution in [0.1, 0.15) is 37.8 Å². The van der Waals surface area contributed by atoms with E-state index in [9.17, 15) is 9.59 Å². The normalized spacial score (nSPS) is 24.8. The summed E-state index contributed by atoms with van der Waals surface area (Å²) in [6.07, 6.45) is 6.82. The average molecular weight is 491 g/mol. The molecular formula is C27H30N4O5. The Hall–Kier alpha value is -3.43. The highest BCUT2D eigenvalue weighted by Gasteiger charge is 2.49. The third-order valence-electron chi connectivity index (χ3n) is 7.94. The molecule has 36 heavy (non-hydrogen) atoms. The number of pyridine rings is 2. The number of methoxy groups -OCH3 is 1. The highest BCUT2D eigenvalue weighted by molar-refractivity contribution is 5.94. The van der Waals surface area contributed by atoms with Crippen molar-refractivity contribution in [3.8, 4) is 11.5 Å². The molecular weight excluding hydrogens is 460 g/mol. The Morgan fingerprint density at radius 1 is 1.14 bits per heavy atom. The SMILES string of the molecule is COc1ccc2c(=O)ccn(CCC34CCC(NCc5ccc6c(n5)NC(=O)CO6)(CC3)CO4)c2c1. The molecule has 2 aromatic heterocycles. The Morgan fingerprint density at radius 3 is 2.78 bits per heavy atom. The first kappa shape index (κ1) is 23.0. The molecule has 9 nitrogen and oxygen atoms in total. The minimum Gasteiger partial charge on any atom is -0.497 e. The van der Waals surface area contributed by atoms with Gasteiger partial charge >= 0.3 is 0 Å². The van der Waals surface area contributed by atoms with Crippen LogP contribution in [0.2, 0.25) is 0 Å². The van der Waals surface area contributed by atoms with Crippen LogP contribution in [-0.2, 0) is 22.6 Å². The van der Waals surface area contributed by atoms with Crippen molar-refractivity contribution in [1.29, 1.82) is 0 Å². The Morgan fingerprint density at radius 2 is 2.00 bits per heavy atom. The Kier molecular flexibility index (Phi) is 5.69. The standard InChI is InChI=1S/C27H30N4O5/c1-34-19-3-4-20-21(14-19)31(12-6-22(20)32)13-11-27-9-7-26(8-10-27,17-36-27)28-15-18-2-5-23-25(29-18)30-24(33)16-35-23/h2-6,12,14,28H,7-11,13,15-17H2,1H3,(H,29,30,33). The quantitative estimate of drug-likeness (QED) is 0.525. The van der Waals surface area contributed by atoms with Crippen molar-refractivity contribution < 1.29 is 19.0 Å². The summed E-state index contributed by atoms with van der Waals surface area (Å²) < 4.78 is 19.4. The van der Waals surface area contributed by atoms with Crippen LogP contribution < -0.4 is 25.5 Å². The van der Waals surface area contributed by atoms with E-state index in [0.29, 0.717) is 30.1 Å². The molecule has 2 bridgehead atoms. The molecule has 0 spiro atoms. The van der Waals surface area contributed by atoms with Gasteiger partial charge in [-0.3, -0.25) is 9.59 Å². The highest BCUT2D eigenvalue weighted by Crippen LogP contribution is 2.46. The molecule has 5 heterocycles. The van der Waals surface area contributed by atoms with E-state index in [1.54, 1.807) is 13.2 Å². The fourth-order valence-electron chi connectivity index (χ4n) is 5.63. The van der Waals surface area contributed by atoms with Crippen molar-refractivity contribution in [1.82, 2.24) is 14.9 Å². The fourth-order valence-corrected chi connectivity index (χ4v) is 5.63. The van der Waals surface area contributed by atoms with Crippen molar-refractivity contribution >= 4 is 22.6 Å². The summed E-state index contributed by atoms with van der Waals surface area (Å²) in [4.78, 5) is 28.5. The molecule has 2 saturated heterocycles. The van der Waals surface area contributed by atoms with Gasteiger partial charge in [0.2, 0.25) is 0 Å². The van der Waals surface area contributed by atoms with Crippen molar-refractivity contribution in [2.45, 2.75) is 56.3 Å². The van der Waals surface area contributed by atoms with Crippen molar-refractivity contribution in [3.63, 3.8) is 0 Å². The molecule has 1 aliphatic carbocycles. The molecule has 7 rings (SSSR count). The molecule has 1 saturated carbocycles. The lowest BCUT2D eigenvalue weighted by Crippen LogP contribution is -2.61. The molecule has 3 fully saturated rings. The summed E-state index contributed by atoms with van der Waals surface area (Å²) in [5.74, 6) is 1.65. The topological polar surface area (TPSA) is 104 Å². The number of carbonyl (C=O) groups is 1. The average Bonchev–Trinajstić information content (AvgIpc) is 2.92. The van der Waals surface area contributed by atoms with Crippen molar-refractivity contribution in [2.24, 2.45) is 0 Å². The Labute approximate surface area is 208 Å². The molecule has 0 radical (unpaired) electrons. The Bertz CT molecular complexity index is 1360. The predicted molar refractivity (Wildman–Crippen MR) is 134 cm³/mol. The zero-order valence-electron chi connectivity index (χ0n) is 20.3. The van der Waals surface area contributed by atoms with E-state index < -0.39 is 0 Å². The van der Waals surface area contributed by atoms with Gasteiger partial charge in [0, 0.05) is 42.3 Å². The number of benzene rings is 1. The first-order valence-corrected chi connectivity index (χ1v) is 12.5. The molecule has 0 unspecified atom stereocenters. The number of rotatable bonds is 7. The van der Waals surface area contributed by atoms with Gasteiger partial charge in [-0.25, -0.2) is 4.98 Å². The zero-order valence-corrected chi connectivity index (χ0v) is 20.3. The molecule has 0 atom stereocenters. The van der Waals surface area contributed by atoms with E-state index in [1.165, 1.54) is 0 Å². The van der Waals surface area contributed by atoms with Gasteiger partial charge in [-0.2, -0.15) is 0 Å². The maximum absolute atomic E-state index is 12.3. The zero-order chi connectivity index (χ0) is 24.8. The summed E-state index contributed by atoms with van der Waals surface area (Å²) in [6.45, 7) is 2.07. The molecule has 4 aliphatic rings. The van der Waals surface area contributed by atoms with Crippen LogP contribution in [0.15, 0.2) is 47.4 Å². The molecule has 2 N–H and O–H groups in total. The molecule has 1 amide bonds. The number of ether oxygens (including phenoxy) is 3. The van der Waals surface area contributed by atoms with Crippen LogP contribution in [0.3, 0.4) is 0 Å². The van der Waals surface area contributed by atoms with Crippen LogP contribution in [0.4, 0.5) is 5.82 Å². The second kappa shape index (κ2) is 8.90. The van der Waals surface area contributed by atoms with E-state index in [4.69, 9.17) is 14.2 Å². The molecule has 3 aliphatic heterocycles. The van der Waals surface area contributed by atoms with Crippen LogP contribution in [-0.4, -0.2) is 46.9 Å². The van der Waals surface area contributed by atoms with Crippen molar-refractivity contribution in [3.05, 3.63) is 58.5 Å². The van der Waals surface area contributed by atoms with E-state index in [-0.39, 0.29) is 29.1 Å². The maximum Gasteiger partial charge on any atom is 0.263 e. The van der Waals surface area contributed by atoms with Gasteiger partial charge in [0.25, 0.3) is 5.91 Å². The Balaban J connectivity index is 1.10. The van der Waals surface area contributed by atoms with Gasteiger partial charge in [-0.05, 0) is 56.4 Å². The summed E-state index contributed by atoms with van der Waals surface area (Å²) in [6, 6.07) is 11.0. The van der Waals surface area contributed by atoms with E-state index in [1.807, 2.05) is 36.5 Å². The van der Waals surface area contributed by atoms with Gasteiger partial charge < -0.3 is 29.4 Å². The fraction of sp³-hybridized carbons (Fsp3) is 0.444. The first-order valence-electron chi connectivity index (χ1n) is 12.5. The maximum atomic E-state index is 12.3. The molecule has 1 aromatic carbocycles. The summed E-state index contributed by atoms with van der Waals surface area (Å²) in [5, 5.41) is 7.17. The van der Waals surface area contributed by atoms with Gasteiger partial charge in [-0.1, -0.05) is 0 Å². The lowest BCUT2D eigenvalue weighted by molar-refractivity contribution is -0.167. The minimum atomic E-state index is -0.183. The smallest absolute Gasteiger partial charge is 0.263 e. The van der Waals surface area contributed by atoms with Gasteiger partial charge in [0.15, 0.2) is 23.6 Å². The van der Waals surface area contributed by atoms with Gasteiger partial charge in [-0.15, -0.1) is 0 Å². The number of nitrogens with one attached hydrogen (secondary N) is 2. The number of aryl methyl sites for hydroxylation is 1. The molecule has 3 aromatic rings. The lowest BCUT2D eigenvalue weighted by Gasteiger charge is -2.53. The second-order valence-electron chi connectivity index (χ2n) is 10.1. The number of aromatic nitrogens is 2. The van der Waals surface area contributed by atoms with Crippen LogP contribution in [0.25, 0.3) is 10.9 Å². The predicted octanol–water partition coefficient (Wildman–Crippen LogP) is 3.00. The first-order chi connectivity index (χ1) is 17.5. The number of hydrogen-bond acceptors (Lipinski definition) is 7. The summed E-state index contributed by atoms with van der Waals surface area (Å²) >= 11 is 0. The summed E-state index contributed by atoms with van der Waals surface area (Å²) in [7, 11) is 1.64. The minimum absolute atomic E-state index is 0.0211. The third kappa shape index (κ3) is 4.22. The van der Waals surface area contributed by atoms with Crippen LogP contribution >= 0.6 is 0 Å². The van der Waals surface area contributed by atoms with Gasteiger partial charge in [0.1, 0.15) is 5.75 Å². The van der Waals surface area contributed by atoms with E-state index in [0.717, 1.165) is 55.6 Å².